The van der Waals surface area contributed by atoms with Gasteiger partial charge in [-0.15, -0.1) is 0 Å². The third-order valence-electron chi connectivity index (χ3n) is 4.06. The smallest absolute Gasteiger partial charge is 0.480 e. The van der Waals surface area contributed by atoms with Gasteiger partial charge in [0.1, 0.15) is 5.75 Å². The molecule has 2 N–H and O–H groups in total. The molecule has 0 aliphatic carbocycles. The van der Waals surface area contributed by atoms with Gasteiger partial charge in [-0.25, -0.2) is 0 Å². The lowest BCUT2D eigenvalue weighted by atomic mass is 9.74. The third kappa shape index (κ3) is 2.50. The van der Waals surface area contributed by atoms with Crippen molar-refractivity contribution in [1.82, 2.24) is 0 Å². The molecule has 0 unspecified atom stereocenters. The predicted octanol–water partition coefficient (Wildman–Crippen LogP) is 2.33. The van der Waals surface area contributed by atoms with E-state index in [9.17, 15) is 0 Å². The van der Waals surface area contributed by atoms with E-state index < -0.39 is 7.12 Å². The van der Waals surface area contributed by atoms with Crippen LogP contribution in [0, 0.1) is 0 Å². The van der Waals surface area contributed by atoms with E-state index in [2.05, 4.69) is 0 Å². The molecule has 0 radical (unpaired) electrons. The van der Waals surface area contributed by atoms with Crippen LogP contribution in [0.15, 0.2) is 24.3 Å². The Morgan fingerprint density at radius 2 is 1.63 bits per heavy atom. The summed E-state index contributed by atoms with van der Waals surface area (Å²) in [5.74, 6) is 0.377. The fourth-order valence-electron chi connectivity index (χ4n) is 2.12. The summed E-state index contributed by atoms with van der Waals surface area (Å²) in [5.41, 5.74) is 6.43. The van der Waals surface area contributed by atoms with Gasteiger partial charge in [0.25, 0.3) is 0 Å². The van der Waals surface area contributed by atoms with E-state index >= 15 is 0 Å². The molecule has 0 bridgehead atoms. The van der Waals surface area contributed by atoms with E-state index in [1.165, 1.54) is 0 Å². The molecule has 1 heterocycles. The van der Waals surface area contributed by atoms with Crippen LogP contribution in [0.25, 0.3) is 0 Å². The quantitative estimate of drug-likeness (QED) is 0.850. The maximum absolute atomic E-state index is 6.29. The van der Waals surface area contributed by atoms with Crippen molar-refractivity contribution in [2.45, 2.75) is 44.8 Å². The summed E-state index contributed by atoms with van der Waals surface area (Å²) < 4.78 is 17.3. The maximum Gasteiger partial charge on any atom is 0.480 e. The predicted molar refractivity (Wildman–Crippen MR) is 76.0 cm³/mol. The number of rotatable bonds is 3. The average molecular weight is 263 g/mol. The number of methoxy groups -OCH3 is 1. The molecule has 1 saturated heterocycles. The van der Waals surface area contributed by atoms with Gasteiger partial charge in [0.2, 0.25) is 0 Å². The Balaban J connectivity index is 2.24. The number of hydrogen-bond acceptors (Lipinski definition) is 4. The molecule has 1 atom stereocenters. The molecule has 104 valence electrons. The Kier molecular flexibility index (Phi) is 3.64. The van der Waals surface area contributed by atoms with Gasteiger partial charge in [-0.2, -0.15) is 0 Å². The molecule has 0 spiro atoms. The summed E-state index contributed by atoms with van der Waals surface area (Å²) in [7, 11) is 1.16. The monoisotopic (exact) mass is 263 g/mol. The molecular weight excluding hydrogens is 241 g/mol. The van der Waals surface area contributed by atoms with Crippen molar-refractivity contribution in [3.05, 3.63) is 29.8 Å². The van der Waals surface area contributed by atoms with E-state index in [1.807, 2.05) is 52.0 Å². The Hall–Kier alpha value is -1.04. The van der Waals surface area contributed by atoms with Gasteiger partial charge in [0.05, 0.1) is 24.3 Å². The Bertz CT molecular complexity index is 446. The summed E-state index contributed by atoms with van der Waals surface area (Å²) >= 11 is 0. The first kappa shape index (κ1) is 14.4. The van der Waals surface area contributed by atoms with Crippen molar-refractivity contribution in [3.8, 4) is 5.75 Å². The normalized spacial score (nSPS) is 22.3. The SMILES string of the molecule is COc1ccccc1[C@H](N)B1OC(C)(C)C(C)(C)O1. The van der Waals surface area contributed by atoms with Crippen molar-refractivity contribution < 1.29 is 14.0 Å². The van der Waals surface area contributed by atoms with E-state index in [0.717, 1.165) is 11.3 Å². The molecule has 0 amide bonds. The summed E-state index contributed by atoms with van der Waals surface area (Å²) in [4.78, 5) is 0. The highest BCUT2D eigenvalue weighted by atomic mass is 16.7. The maximum atomic E-state index is 6.29. The van der Waals surface area contributed by atoms with Crippen LogP contribution in [0.3, 0.4) is 0 Å². The topological polar surface area (TPSA) is 53.7 Å². The van der Waals surface area contributed by atoms with Crippen molar-refractivity contribution in [2.75, 3.05) is 7.11 Å². The summed E-state index contributed by atoms with van der Waals surface area (Å²) in [6.07, 6.45) is 0. The number of para-hydroxylation sites is 1. The minimum Gasteiger partial charge on any atom is -0.496 e. The van der Waals surface area contributed by atoms with Crippen LogP contribution in [0.5, 0.6) is 5.75 Å². The lowest BCUT2D eigenvalue weighted by Crippen LogP contribution is -2.41. The summed E-state index contributed by atoms with van der Waals surface area (Å²) in [6.45, 7) is 8.06. The Labute approximate surface area is 115 Å². The summed E-state index contributed by atoms with van der Waals surface area (Å²) in [6, 6.07) is 7.68. The van der Waals surface area contributed by atoms with E-state index in [0.29, 0.717) is 0 Å². The van der Waals surface area contributed by atoms with Crippen LogP contribution >= 0.6 is 0 Å². The second-order valence-corrected chi connectivity index (χ2v) is 5.89. The third-order valence-corrected chi connectivity index (χ3v) is 4.06. The van der Waals surface area contributed by atoms with Gasteiger partial charge in [-0.05, 0) is 33.8 Å². The van der Waals surface area contributed by atoms with E-state index in [1.54, 1.807) is 7.11 Å². The average Bonchev–Trinajstić information content (AvgIpc) is 2.57. The van der Waals surface area contributed by atoms with Crippen molar-refractivity contribution in [3.63, 3.8) is 0 Å². The molecule has 0 saturated carbocycles. The van der Waals surface area contributed by atoms with Crippen molar-refractivity contribution >= 4 is 7.12 Å². The number of nitrogens with two attached hydrogens (primary N) is 1. The highest BCUT2D eigenvalue weighted by molar-refractivity contribution is 6.47. The molecule has 2 rings (SSSR count). The molecular formula is C14H22BNO3. The number of hydrogen-bond donors (Lipinski definition) is 1. The van der Waals surface area contributed by atoms with E-state index in [4.69, 9.17) is 19.8 Å². The van der Waals surface area contributed by atoms with Gasteiger partial charge in [-0.3, -0.25) is 0 Å². The van der Waals surface area contributed by atoms with Gasteiger partial charge >= 0.3 is 7.12 Å². The number of benzene rings is 1. The zero-order valence-corrected chi connectivity index (χ0v) is 12.3. The highest BCUT2D eigenvalue weighted by Gasteiger charge is 2.53. The molecule has 5 heteroatoms. The zero-order chi connectivity index (χ0) is 14.3. The van der Waals surface area contributed by atoms with Crippen LogP contribution in [-0.2, 0) is 9.31 Å². The minimum atomic E-state index is -0.471. The molecule has 0 aromatic heterocycles. The first-order valence-corrected chi connectivity index (χ1v) is 6.52. The minimum absolute atomic E-state index is 0.378. The lowest BCUT2D eigenvalue weighted by Gasteiger charge is -2.32. The van der Waals surface area contributed by atoms with Gasteiger partial charge < -0.3 is 19.8 Å². The zero-order valence-electron chi connectivity index (χ0n) is 12.3. The molecule has 1 fully saturated rings. The molecule has 1 aromatic carbocycles. The first-order valence-electron chi connectivity index (χ1n) is 6.52. The van der Waals surface area contributed by atoms with E-state index in [-0.39, 0.29) is 17.1 Å². The van der Waals surface area contributed by atoms with Crippen LogP contribution in [0.1, 0.15) is 39.2 Å². The first-order chi connectivity index (χ1) is 8.78. The molecule has 19 heavy (non-hydrogen) atoms. The van der Waals surface area contributed by atoms with Crippen LogP contribution in [0.2, 0.25) is 0 Å². The summed E-state index contributed by atoms with van der Waals surface area (Å²) in [5, 5.41) is 0. The van der Waals surface area contributed by atoms with Crippen molar-refractivity contribution in [2.24, 2.45) is 5.73 Å². The standard InChI is InChI=1S/C14H22BNO3/c1-13(2)14(3,4)19-15(18-13)12(16)10-8-6-7-9-11(10)17-5/h6-9,12H,16H2,1-5H3/t12-/m0/s1. The van der Waals surface area contributed by atoms with Gasteiger partial charge in [-0.1, -0.05) is 18.2 Å². The molecule has 1 aliphatic rings. The van der Waals surface area contributed by atoms with Gasteiger partial charge in [0.15, 0.2) is 0 Å². The molecule has 1 aromatic rings. The molecule has 1 aliphatic heterocycles. The fraction of sp³-hybridized carbons (Fsp3) is 0.571. The Morgan fingerprint density at radius 3 is 2.16 bits per heavy atom. The highest BCUT2D eigenvalue weighted by Crippen LogP contribution is 2.40. The number of ether oxygens (including phenoxy) is 1. The lowest BCUT2D eigenvalue weighted by molar-refractivity contribution is 0.00578. The molecule has 4 nitrogen and oxygen atoms in total. The van der Waals surface area contributed by atoms with Crippen molar-refractivity contribution in [1.29, 1.82) is 0 Å². The Morgan fingerprint density at radius 1 is 1.11 bits per heavy atom. The van der Waals surface area contributed by atoms with Crippen LogP contribution < -0.4 is 10.5 Å². The van der Waals surface area contributed by atoms with Crippen LogP contribution in [-0.4, -0.2) is 25.4 Å². The second kappa shape index (κ2) is 4.82. The second-order valence-electron chi connectivity index (χ2n) is 5.89. The van der Waals surface area contributed by atoms with Gasteiger partial charge in [0, 0.05) is 5.56 Å². The fourth-order valence-corrected chi connectivity index (χ4v) is 2.12. The largest absolute Gasteiger partial charge is 0.496 e. The van der Waals surface area contributed by atoms with Crippen LogP contribution in [0.4, 0.5) is 0 Å².